The summed E-state index contributed by atoms with van der Waals surface area (Å²) in [6, 6.07) is 8.31. The number of aliphatic imine (C=N–C) groups is 1. The van der Waals surface area contributed by atoms with Crippen molar-refractivity contribution < 1.29 is 24.3 Å². The number of nitrogens with zero attached hydrogens (tertiary/aromatic N) is 3. The zero-order chi connectivity index (χ0) is 27.8. The number of halogens is 2. The van der Waals surface area contributed by atoms with Gasteiger partial charge in [0.1, 0.15) is 46.2 Å². The minimum Gasteiger partial charge on any atom is -0.480 e. The Hall–Kier alpha value is -3.35. The summed E-state index contributed by atoms with van der Waals surface area (Å²) in [5, 5.41) is 14.6. The lowest BCUT2D eigenvalue weighted by atomic mass is 9.95. The van der Waals surface area contributed by atoms with Gasteiger partial charge in [-0.05, 0) is 31.5 Å². The Balaban J connectivity index is 1.47. The number of carbonyl (C=O) groups excluding carboxylic acids is 3. The van der Waals surface area contributed by atoms with Crippen molar-refractivity contribution in [3.63, 3.8) is 0 Å². The average Bonchev–Trinajstić information content (AvgIpc) is 3.12. The quantitative estimate of drug-likeness (QED) is 0.158. The molecule has 3 amide bonds. The highest BCUT2D eigenvalue weighted by atomic mass is 35.5. The molecule has 0 spiro atoms. The van der Waals surface area contributed by atoms with E-state index in [1.54, 1.807) is 44.2 Å². The van der Waals surface area contributed by atoms with Crippen LogP contribution in [-0.4, -0.2) is 73.3 Å². The molecule has 3 heterocycles. The SMILES string of the molecule is CC1(C)S[C@@H]2[C@H](NC(=O)C(NC(=O)CN=C(N)c3cc(Cl)nc(Cl)c3)c3ccccc3)C(=O)N2[C@H]1C(=O)O. The molecule has 38 heavy (non-hydrogen) atoms. The van der Waals surface area contributed by atoms with Crippen LogP contribution in [0, 0.1) is 0 Å². The van der Waals surface area contributed by atoms with Gasteiger partial charge >= 0.3 is 5.97 Å². The number of hydrogen-bond donors (Lipinski definition) is 4. The van der Waals surface area contributed by atoms with Crippen LogP contribution in [0.15, 0.2) is 47.5 Å². The first-order valence-electron chi connectivity index (χ1n) is 11.4. The maximum absolute atomic E-state index is 13.3. The molecule has 2 saturated heterocycles. The monoisotopic (exact) mass is 578 g/mol. The third-order valence-corrected chi connectivity index (χ3v) is 8.08. The number of thioether (sulfide) groups is 1. The van der Waals surface area contributed by atoms with Gasteiger partial charge in [-0.2, -0.15) is 0 Å². The normalized spacial score (nSPS) is 22.7. The number of carboxylic acid groups (broad SMARTS) is 1. The lowest BCUT2D eigenvalue weighted by Crippen LogP contribution is -2.71. The number of fused-ring (bicyclic) bond motifs is 1. The van der Waals surface area contributed by atoms with Crippen molar-refractivity contribution in [2.24, 2.45) is 10.7 Å². The number of aromatic nitrogens is 1. The number of nitrogens with two attached hydrogens (primary N) is 1. The minimum absolute atomic E-state index is 0.000997. The predicted octanol–water partition coefficient (Wildman–Crippen LogP) is 1.58. The minimum atomic E-state index is -1.14. The van der Waals surface area contributed by atoms with Crippen molar-refractivity contribution in [3.05, 3.63) is 63.9 Å². The number of pyridine rings is 1. The Kier molecular flexibility index (Phi) is 7.86. The van der Waals surface area contributed by atoms with Crippen LogP contribution in [0.2, 0.25) is 10.3 Å². The number of nitrogens with one attached hydrogen (secondary N) is 2. The highest BCUT2D eigenvalue weighted by Gasteiger charge is 2.64. The van der Waals surface area contributed by atoms with Crippen molar-refractivity contribution in [1.29, 1.82) is 0 Å². The van der Waals surface area contributed by atoms with Gasteiger partial charge in [0.05, 0.1) is 0 Å². The van der Waals surface area contributed by atoms with E-state index in [4.69, 9.17) is 28.9 Å². The van der Waals surface area contributed by atoms with Crippen LogP contribution in [0.5, 0.6) is 0 Å². The van der Waals surface area contributed by atoms with Gasteiger partial charge in [-0.3, -0.25) is 19.4 Å². The Morgan fingerprint density at radius 2 is 1.84 bits per heavy atom. The van der Waals surface area contributed by atoms with Crippen LogP contribution in [0.4, 0.5) is 0 Å². The van der Waals surface area contributed by atoms with E-state index >= 15 is 0 Å². The molecule has 1 aromatic carbocycles. The number of amidine groups is 1. The summed E-state index contributed by atoms with van der Waals surface area (Å²) in [7, 11) is 0. The number of β-lactam (4-membered cyclic amide) rings is 1. The molecule has 4 atom stereocenters. The summed E-state index contributed by atoms with van der Waals surface area (Å²) in [4.78, 5) is 59.8. The molecule has 2 fully saturated rings. The molecule has 2 aromatic rings. The molecule has 0 radical (unpaired) electrons. The second-order valence-electron chi connectivity index (χ2n) is 9.20. The molecule has 0 bridgehead atoms. The summed E-state index contributed by atoms with van der Waals surface area (Å²) in [5.74, 6) is -2.81. The topological polar surface area (TPSA) is 167 Å². The zero-order valence-electron chi connectivity index (χ0n) is 20.2. The third kappa shape index (κ3) is 5.57. The van der Waals surface area contributed by atoms with Crippen molar-refractivity contribution in [3.8, 4) is 0 Å². The fraction of sp³-hybridized carbons (Fsp3) is 0.333. The van der Waals surface area contributed by atoms with E-state index in [0.717, 1.165) is 0 Å². The van der Waals surface area contributed by atoms with Gasteiger partial charge in [-0.25, -0.2) is 9.78 Å². The summed E-state index contributed by atoms with van der Waals surface area (Å²) >= 11 is 13.1. The van der Waals surface area contributed by atoms with Gasteiger partial charge in [-0.15, -0.1) is 11.8 Å². The molecule has 2 aliphatic heterocycles. The molecule has 14 heteroatoms. The van der Waals surface area contributed by atoms with Crippen molar-refractivity contribution in [2.75, 3.05) is 6.54 Å². The third-order valence-electron chi connectivity index (χ3n) is 6.12. The zero-order valence-corrected chi connectivity index (χ0v) is 22.5. The molecule has 200 valence electrons. The van der Waals surface area contributed by atoms with Gasteiger partial charge < -0.3 is 26.4 Å². The smallest absolute Gasteiger partial charge is 0.327 e. The van der Waals surface area contributed by atoms with E-state index in [9.17, 15) is 24.3 Å². The number of benzene rings is 1. The van der Waals surface area contributed by atoms with E-state index in [0.29, 0.717) is 11.1 Å². The maximum atomic E-state index is 13.3. The first-order valence-corrected chi connectivity index (χ1v) is 13.0. The molecule has 4 rings (SSSR count). The summed E-state index contributed by atoms with van der Waals surface area (Å²) in [6.45, 7) is 3.09. The molecule has 1 aromatic heterocycles. The van der Waals surface area contributed by atoms with Crippen LogP contribution in [-0.2, 0) is 19.2 Å². The second kappa shape index (κ2) is 10.8. The van der Waals surface area contributed by atoms with Gasteiger partial charge in [0.25, 0.3) is 0 Å². The second-order valence-corrected chi connectivity index (χ2v) is 11.7. The lowest BCUT2D eigenvalue weighted by Gasteiger charge is -2.44. The molecule has 5 N–H and O–H groups in total. The Labute approximate surface area is 232 Å². The van der Waals surface area contributed by atoms with Crippen molar-refractivity contribution in [1.82, 2.24) is 20.5 Å². The Morgan fingerprint density at radius 3 is 2.45 bits per heavy atom. The van der Waals surface area contributed by atoms with Crippen LogP contribution in [0.1, 0.15) is 31.0 Å². The molecular formula is C24H24Cl2N6O5S. The van der Waals surface area contributed by atoms with Crippen LogP contribution >= 0.6 is 35.0 Å². The fourth-order valence-electron chi connectivity index (χ4n) is 4.40. The van der Waals surface area contributed by atoms with E-state index in [2.05, 4.69) is 20.6 Å². The largest absolute Gasteiger partial charge is 0.480 e. The molecule has 11 nitrogen and oxygen atoms in total. The predicted molar refractivity (Wildman–Crippen MR) is 143 cm³/mol. The first-order chi connectivity index (χ1) is 17.9. The van der Waals surface area contributed by atoms with E-state index in [1.165, 1.54) is 28.8 Å². The van der Waals surface area contributed by atoms with Crippen LogP contribution < -0.4 is 16.4 Å². The van der Waals surface area contributed by atoms with Crippen molar-refractivity contribution >= 4 is 64.5 Å². The van der Waals surface area contributed by atoms with E-state index < -0.39 is 58.5 Å². The van der Waals surface area contributed by atoms with Gasteiger partial charge in [-0.1, -0.05) is 53.5 Å². The first kappa shape index (κ1) is 27.7. The molecule has 2 aliphatic rings. The number of hydrogen-bond acceptors (Lipinski definition) is 7. The number of carbonyl (C=O) groups is 4. The van der Waals surface area contributed by atoms with Crippen molar-refractivity contribution in [2.45, 2.75) is 42.1 Å². The summed E-state index contributed by atoms with van der Waals surface area (Å²) < 4.78 is -0.736. The summed E-state index contributed by atoms with van der Waals surface area (Å²) in [5.41, 5.74) is 6.81. The average molecular weight is 579 g/mol. The molecular weight excluding hydrogens is 555 g/mol. The van der Waals surface area contributed by atoms with Gasteiger partial charge in [0.15, 0.2) is 0 Å². The number of amides is 3. The fourth-order valence-corrected chi connectivity index (χ4v) is 6.48. The van der Waals surface area contributed by atoms with E-state index in [1.807, 2.05) is 0 Å². The van der Waals surface area contributed by atoms with Crippen LogP contribution in [0.25, 0.3) is 0 Å². The number of aliphatic carboxylic acids is 1. The Morgan fingerprint density at radius 1 is 1.21 bits per heavy atom. The van der Waals surface area contributed by atoms with Crippen LogP contribution in [0.3, 0.4) is 0 Å². The highest BCUT2D eigenvalue weighted by molar-refractivity contribution is 8.01. The highest BCUT2D eigenvalue weighted by Crippen LogP contribution is 2.50. The standard InChI is InChI=1S/C24H24Cl2N6O5S/c1-24(2)18(23(36)37)32-21(35)17(22(32)38-24)31-20(34)16(11-6-4-3-5-7-11)30-15(33)10-28-19(27)12-8-13(25)29-14(26)9-12/h3-9,16-18,22H,10H2,1-2H3,(H2,27,28)(H,30,33)(H,31,34)(H,36,37)/t16?,17-,18+,22-/m1/s1. The van der Waals surface area contributed by atoms with E-state index in [-0.39, 0.29) is 16.1 Å². The number of rotatable bonds is 8. The molecule has 0 saturated carbocycles. The number of carboxylic acids is 1. The molecule has 1 unspecified atom stereocenters. The van der Waals surface area contributed by atoms with Gasteiger partial charge in [0.2, 0.25) is 17.7 Å². The lowest BCUT2D eigenvalue weighted by molar-refractivity contribution is -0.161. The maximum Gasteiger partial charge on any atom is 0.327 e. The Bertz CT molecular complexity index is 1300. The molecule has 0 aliphatic carbocycles. The summed E-state index contributed by atoms with van der Waals surface area (Å²) in [6.07, 6.45) is 0. The van der Waals surface area contributed by atoms with Gasteiger partial charge in [0, 0.05) is 10.3 Å².